The first kappa shape index (κ1) is 77.8. The van der Waals surface area contributed by atoms with Gasteiger partial charge in [0.1, 0.15) is 13.2 Å². The van der Waals surface area contributed by atoms with Crippen molar-refractivity contribution in [3.05, 3.63) is 170 Å². The van der Waals surface area contributed by atoms with Crippen molar-refractivity contribution in [3.8, 4) is 0 Å². The zero-order valence-corrected chi connectivity index (χ0v) is 53.4. The van der Waals surface area contributed by atoms with Crippen LogP contribution in [0, 0.1) is 0 Å². The molecule has 1 atom stereocenters. The first-order chi connectivity index (χ1) is 41.0. The quantitative estimate of drug-likeness (QED) is 0.0261. The van der Waals surface area contributed by atoms with Gasteiger partial charge in [0.2, 0.25) is 0 Å². The van der Waals surface area contributed by atoms with Gasteiger partial charge in [-0.05, 0) is 128 Å². The summed E-state index contributed by atoms with van der Waals surface area (Å²) >= 11 is 0. The number of carbonyl (C=O) groups is 3. The van der Waals surface area contributed by atoms with Crippen LogP contribution in [-0.2, 0) is 28.6 Å². The van der Waals surface area contributed by atoms with Gasteiger partial charge in [0, 0.05) is 12.8 Å². The molecule has 0 bridgehead atoms. The molecule has 0 aliphatic heterocycles. The van der Waals surface area contributed by atoms with Gasteiger partial charge in [-0.1, -0.05) is 300 Å². The summed E-state index contributed by atoms with van der Waals surface area (Å²) in [6.45, 7) is 6.21. The molecule has 0 heterocycles. The van der Waals surface area contributed by atoms with E-state index >= 15 is 0 Å². The molecule has 0 spiro atoms. The van der Waals surface area contributed by atoms with E-state index in [0.717, 1.165) is 135 Å². The summed E-state index contributed by atoms with van der Waals surface area (Å²) in [5.41, 5.74) is 0. The monoisotopic (exact) mass is 1140 g/mol. The first-order valence-corrected chi connectivity index (χ1v) is 33.6. The molecule has 0 aromatic carbocycles. The standard InChI is InChI=1S/C77H122O6/c1-4-7-10-13-16-19-22-25-28-30-32-34-35-36-37-38-39-40-41-43-44-46-49-52-55-58-61-64-67-70-76(79)82-73-74(72-81-75(78)69-66-63-60-57-54-51-48-27-24-21-18-15-12-9-6-3)83-77(80)71-68-65-62-59-56-53-50-47-45-42-33-31-29-26-23-20-17-14-11-8-5-2/h7-12,16-21,25-29,32-34,36-37,42,48,54,57,63,66,74H,4-6,13-15,22-24,30-31,35,38-41,43-47,49-53,55-56,58-62,64-65,67-73H2,1-3H3/b10-7-,11-8-,12-9-,19-16-,20-17-,21-18-,28-25-,29-26-,34-32-,37-36-,42-33-,48-27-,57-54-,66-63-. The van der Waals surface area contributed by atoms with Crippen molar-refractivity contribution >= 4 is 17.9 Å². The maximum atomic E-state index is 12.9. The van der Waals surface area contributed by atoms with E-state index in [4.69, 9.17) is 14.2 Å². The third-order valence-electron chi connectivity index (χ3n) is 13.7. The zero-order valence-electron chi connectivity index (χ0n) is 53.4. The second-order valence-corrected chi connectivity index (χ2v) is 21.6. The molecule has 6 nitrogen and oxygen atoms in total. The predicted molar refractivity (Wildman–Crippen MR) is 361 cm³/mol. The Hall–Kier alpha value is -5.23. The van der Waals surface area contributed by atoms with Crippen molar-refractivity contribution in [2.45, 2.75) is 284 Å². The van der Waals surface area contributed by atoms with Crippen molar-refractivity contribution in [1.29, 1.82) is 0 Å². The van der Waals surface area contributed by atoms with Gasteiger partial charge in [0.25, 0.3) is 0 Å². The fraction of sp³-hybridized carbons (Fsp3) is 0.597. The Balaban J connectivity index is 4.40. The lowest BCUT2D eigenvalue weighted by Crippen LogP contribution is -2.30. The van der Waals surface area contributed by atoms with Crippen LogP contribution in [0.1, 0.15) is 278 Å². The Bertz CT molecular complexity index is 1890. The molecule has 466 valence electrons. The third-order valence-corrected chi connectivity index (χ3v) is 13.7. The normalized spacial score (nSPS) is 13.2. The molecule has 0 rings (SSSR count). The van der Waals surface area contributed by atoms with Gasteiger partial charge in [0.15, 0.2) is 6.10 Å². The SMILES string of the molecule is CC/C=C\C/C=C\C/C=C\C/C=C\C/C=C\CCCCCCCCCCCCCCCC(=O)OCC(COC(=O)C/C=C\C/C=C\C/C=C\C/C=C\C/C=C\CC)OC(=O)CCCCCCCCCC/C=C\C/C=C\C/C=C\C/C=C\CC. The Morgan fingerprint density at radius 3 is 0.783 bits per heavy atom. The van der Waals surface area contributed by atoms with Gasteiger partial charge in [-0.3, -0.25) is 14.4 Å². The molecule has 6 heteroatoms. The van der Waals surface area contributed by atoms with Gasteiger partial charge < -0.3 is 14.2 Å². The average Bonchev–Trinajstić information content (AvgIpc) is 3.49. The molecule has 0 aromatic heterocycles. The van der Waals surface area contributed by atoms with Crippen LogP contribution in [0.5, 0.6) is 0 Å². The minimum Gasteiger partial charge on any atom is -0.462 e. The minimum atomic E-state index is -0.833. The van der Waals surface area contributed by atoms with Crippen molar-refractivity contribution in [1.82, 2.24) is 0 Å². The number of carbonyl (C=O) groups excluding carboxylic acids is 3. The van der Waals surface area contributed by atoms with Crippen molar-refractivity contribution in [3.63, 3.8) is 0 Å². The fourth-order valence-corrected chi connectivity index (χ4v) is 8.83. The summed E-state index contributed by atoms with van der Waals surface area (Å²) in [6, 6.07) is 0. The van der Waals surface area contributed by atoms with Crippen molar-refractivity contribution in [2.75, 3.05) is 13.2 Å². The molecule has 0 amide bonds. The summed E-state index contributed by atoms with van der Waals surface area (Å²) in [7, 11) is 0. The van der Waals surface area contributed by atoms with Crippen LogP contribution in [0.15, 0.2) is 170 Å². The number of hydrogen-bond donors (Lipinski definition) is 0. The molecule has 0 saturated heterocycles. The maximum Gasteiger partial charge on any atom is 0.309 e. The van der Waals surface area contributed by atoms with Crippen LogP contribution in [0.4, 0.5) is 0 Å². The van der Waals surface area contributed by atoms with E-state index in [2.05, 4.69) is 179 Å². The lowest BCUT2D eigenvalue weighted by atomic mass is 10.0. The third kappa shape index (κ3) is 67.4. The Labute approximate surface area is 511 Å². The van der Waals surface area contributed by atoms with E-state index in [1.807, 2.05) is 6.08 Å². The second kappa shape index (κ2) is 69.3. The number of rotatable bonds is 59. The number of allylic oxidation sites excluding steroid dienone is 27. The molecule has 1 unspecified atom stereocenters. The molecular formula is C77H122O6. The summed E-state index contributed by atoms with van der Waals surface area (Å²) in [4.78, 5) is 38.3. The highest BCUT2D eigenvalue weighted by molar-refractivity contribution is 5.72. The average molecular weight is 1140 g/mol. The van der Waals surface area contributed by atoms with Crippen LogP contribution in [0.3, 0.4) is 0 Å². The lowest BCUT2D eigenvalue weighted by Gasteiger charge is -2.18. The van der Waals surface area contributed by atoms with Crippen LogP contribution >= 0.6 is 0 Å². The molecule has 0 aromatic rings. The highest BCUT2D eigenvalue weighted by Crippen LogP contribution is 2.16. The minimum absolute atomic E-state index is 0.118. The van der Waals surface area contributed by atoms with Crippen molar-refractivity contribution < 1.29 is 28.6 Å². The van der Waals surface area contributed by atoms with E-state index in [-0.39, 0.29) is 31.6 Å². The van der Waals surface area contributed by atoms with Gasteiger partial charge >= 0.3 is 17.9 Å². The van der Waals surface area contributed by atoms with Crippen molar-refractivity contribution in [2.24, 2.45) is 0 Å². The van der Waals surface area contributed by atoms with Gasteiger partial charge in [-0.2, -0.15) is 0 Å². The van der Waals surface area contributed by atoms with E-state index in [9.17, 15) is 14.4 Å². The number of unbranched alkanes of at least 4 members (excludes halogenated alkanes) is 21. The first-order valence-electron chi connectivity index (χ1n) is 33.6. The smallest absolute Gasteiger partial charge is 0.309 e. The number of esters is 3. The Kier molecular flexibility index (Phi) is 64.9. The second-order valence-electron chi connectivity index (χ2n) is 21.6. The number of ether oxygens (including phenoxy) is 3. The number of hydrogen-bond acceptors (Lipinski definition) is 6. The van der Waals surface area contributed by atoms with Crippen LogP contribution in [0.25, 0.3) is 0 Å². The summed E-state index contributed by atoms with van der Waals surface area (Å²) in [6.07, 6.45) is 103. The Morgan fingerprint density at radius 1 is 0.253 bits per heavy atom. The summed E-state index contributed by atoms with van der Waals surface area (Å²) in [5, 5.41) is 0. The topological polar surface area (TPSA) is 78.9 Å². The summed E-state index contributed by atoms with van der Waals surface area (Å²) in [5.74, 6) is -1.06. The molecule has 0 saturated carbocycles. The largest absolute Gasteiger partial charge is 0.462 e. The molecule has 0 aliphatic carbocycles. The van der Waals surface area contributed by atoms with Gasteiger partial charge in [-0.15, -0.1) is 0 Å². The molecule has 0 fully saturated rings. The summed E-state index contributed by atoms with van der Waals surface area (Å²) < 4.78 is 16.8. The molecule has 0 radical (unpaired) electrons. The van der Waals surface area contributed by atoms with Crippen LogP contribution in [0.2, 0.25) is 0 Å². The maximum absolute atomic E-state index is 12.9. The van der Waals surface area contributed by atoms with E-state index in [1.165, 1.54) is 103 Å². The van der Waals surface area contributed by atoms with Gasteiger partial charge in [-0.25, -0.2) is 0 Å². The fourth-order valence-electron chi connectivity index (χ4n) is 8.83. The van der Waals surface area contributed by atoms with E-state index in [0.29, 0.717) is 12.8 Å². The highest BCUT2D eigenvalue weighted by atomic mass is 16.6. The molecule has 83 heavy (non-hydrogen) atoms. The highest BCUT2D eigenvalue weighted by Gasteiger charge is 2.19. The molecular weight excluding hydrogens is 1020 g/mol. The molecule has 0 aliphatic rings. The van der Waals surface area contributed by atoms with Crippen LogP contribution in [-0.4, -0.2) is 37.2 Å². The lowest BCUT2D eigenvalue weighted by molar-refractivity contribution is -0.166. The predicted octanol–water partition coefficient (Wildman–Crippen LogP) is 23.4. The zero-order chi connectivity index (χ0) is 59.9. The van der Waals surface area contributed by atoms with E-state index in [1.54, 1.807) is 6.08 Å². The van der Waals surface area contributed by atoms with Crippen LogP contribution < -0.4 is 0 Å². The molecule has 0 N–H and O–H groups in total. The Morgan fingerprint density at radius 2 is 0.482 bits per heavy atom. The van der Waals surface area contributed by atoms with Gasteiger partial charge in [0.05, 0.1) is 6.42 Å². The van der Waals surface area contributed by atoms with E-state index < -0.39 is 12.1 Å².